The molecule has 20 heavy (non-hydrogen) atoms. The minimum Gasteiger partial charge on any atom is -0.394 e. The van der Waals surface area contributed by atoms with Crippen LogP contribution in [0.3, 0.4) is 0 Å². The minimum absolute atomic E-state index is 0.00818. The Balaban J connectivity index is 2.49. The van der Waals surface area contributed by atoms with Crippen LogP contribution in [-0.4, -0.2) is 18.2 Å². The van der Waals surface area contributed by atoms with Gasteiger partial charge in [-0.1, -0.05) is 0 Å². The number of nitrogens with zero attached hydrogens (tertiary/aromatic N) is 2. The van der Waals surface area contributed by atoms with Gasteiger partial charge in [-0.3, -0.25) is 4.72 Å². The zero-order chi connectivity index (χ0) is 15.1. The molecule has 2 rings (SSSR count). The molecule has 1 heterocycles. The van der Waals surface area contributed by atoms with E-state index in [1.807, 2.05) is 0 Å². The van der Waals surface area contributed by atoms with Gasteiger partial charge in [0, 0.05) is 7.05 Å². The van der Waals surface area contributed by atoms with Crippen LogP contribution in [0.1, 0.15) is 5.69 Å². The van der Waals surface area contributed by atoms with Gasteiger partial charge in [-0.2, -0.15) is 5.10 Å². The molecule has 0 atom stereocenters. The number of nitrogen functional groups attached to an aromatic ring is 1. The Bertz CT molecular complexity index is 771. The Morgan fingerprint density at radius 1 is 1.35 bits per heavy atom. The smallest absolute Gasteiger partial charge is 0.266 e. The highest BCUT2D eigenvalue weighted by atomic mass is 32.2. The Morgan fingerprint density at radius 3 is 2.55 bits per heavy atom. The highest BCUT2D eigenvalue weighted by Gasteiger charge is 2.23. The van der Waals surface area contributed by atoms with E-state index in [4.69, 9.17) is 5.73 Å². The molecule has 0 unspecified atom stereocenters. The zero-order valence-corrected chi connectivity index (χ0v) is 11.5. The van der Waals surface area contributed by atoms with E-state index in [0.717, 1.165) is 12.1 Å². The summed E-state index contributed by atoms with van der Waals surface area (Å²) in [6.07, 6.45) is 0. The molecule has 1 aromatic carbocycles. The van der Waals surface area contributed by atoms with Crippen LogP contribution in [0.2, 0.25) is 0 Å². The fourth-order valence-electron chi connectivity index (χ4n) is 1.66. The van der Waals surface area contributed by atoms with Crippen molar-refractivity contribution in [3.8, 4) is 0 Å². The van der Waals surface area contributed by atoms with Crippen LogP contribution in [0.4, 0.5) is 20.3 Å². The molecule has 108 valence electrons. The van der Waals surface area contributed by atoms with Crippen LogP contribution in [0.5, 0.6) is 0 Å². The normalized spacial score (nSPS) is 11.6. The summed E-state index contributed by atoms with van der Waals surface area (Å²) in [6, 6.07) is 2.16. The molecule has 9 heteroatoms. The fraction of sp³-hybridized carbons (Fsp3) is 0.182. The molecule has 0 aliphatic heterocycles. The maximum atomic E-state index is 13.5. The van der Waals surface area contributed by atoms with Gasteiger partial charge >= 0.3 is 0 Å². The third kappa shape index (κ3) is 2.44. The number of halogens is 2. The standard InChI is InChI=1S/C11H12F2N4O2S/c1-6-10(14)11(17(2)15-6)16-20(18,19)9-5-7(12)3-4-8(9)13/h3-5,16H,14H2,1-2H3. The second kappa shape index (κ2) is 4.75. The summed E-state index contributed by atoms with van der Waals surface area (Å²) in [5, 5.41) is 3.93. The lowest BCUT2D eigenvalue weighted by Crippen LogP contribution is -2.17. The number of hydrogen-bond donors (Lipinski definition) is 2. The second-order valence-electron chi connectivity index (χ2n) is 4.15. The first kappa shape index (κ1) is 14.3. The Hall–Kier alpha value is -2.16. The first-order valence-corrected chi connectivity index (χ1v) is 6.97. The van der Waals surface area contributed by atoms with Crippen molar-refractivity contribution in [2.45, 2.75) is 11.8 Å². The predicted molar refractivity (Wildman–Crippen MR) is 69.5 cm³/mol. The number of aromatic nitrogens is 2. The van der Waals surface area contributed by atoms with E-state index in [2.05, 4.69) is 9.82 Å². The molecule has 6 nitrogen and oxygen atoms in total. The maximum Gasteiger partial charge on any atom is 0.266 e. The number of sulfonamides is 1. The number of rotatable bonds is 3. The molecule has 0 radical (unpaired) electrons. The summed E-state index contributed by atoms with van der Waals surface area (Å²) in [6.45, 7) is 1.59. The SMILES string of the molecule is Cc1nn(C)c(NS(=O)(=O)c2cc(F)ccc2F)c1N. The number of anilines is 2. The van der Waals surface area contributed by atoms with E-state index in [9.17, 15) is 17.2 Å². The van der Waals surface area contributed by atoms with Gasteiger partial charge in [0.15, 0.2) is 5.82 Å². The number of hydrogen-bond acceptors (Lipinski definition) is 4. The molecule has 0 spiro atoms. The molecule has 3 N–H and O–H groups in total. The molecule has 0 saturated heterocycles. The largest absolute Gasteiger partial charge is 0.394 e. The highest BCUT2D eigenvalue weighted by molar-refractivity contribution is 7.92. The molecule has 0 fully saturated rings. The van der Waals surface area contributed by atoms with Gasteiger partial charge in [0.1, 0.15) is 16.5 Å². The summed E-state index contributed by atoms with van der Waals surface area (Å²) < 4.78 is 54.1. The summed E-state index contributed by atoms with van der Waals surface area (Å²) in [4.78, 5) is -0.796. The summed E-state index contributed by atoms with van der Waals surface area (Å²) in [5.41, 5.74) is 6.22. The molecule has 0 bridgehead atoms. The lowest BCUT2D eigenvalue weighted by atomic mass is 10.3. The average Bonchev–Trinajstić information content (AvgIpc) is 2.59. The quantitative estimate of drug-likeness (QED) is 0.896. The topological polar surface area (TPSA) is 90.0 Å². The molecule has 1 aromatic heterocycles. The van der Waals surface area contributed by atoms with Crippen molar-refractivity contribution in [2.75, 3.05) is 10.5 Å². The van der Waals surface area contributed by atoms with E-state index in [1.54, 1.807) is 6.92 Å². The van der Waals surface area contributed by atoms with Gasteiger partial charge in [-0.25, -0.2) is 21.9 Å². The first-order chi connectivity index (χ1) is 9.22. The van der Waals surface area contributed by atoms with E-state index < -0.39 is 26.6 Å². The van der Waals surface area contributed by atoms with Gasteiger partial charge in [0.25, 0.3) is 10.0 Å². The fourth-order valence-corrected chi connectivity index (χ4v) is 2.86. The molecule has 0 amide bonds. The molecule has 2 aromatic rings. The van der Waals surface area contributed by atoms with Crippen molar-refractivity contribution in [3.63, 3.8) is 0 Å². The number of nitrogens with two attached hydrogens (primary N) is 1. The van der Waals surface area contributed by atoms with Crippen LogP contribution in [0.25, 0.3) is 0 Å². The lowest BCUT2D eigenvalue weighted by molar-refractivity contribution is 0.555. The van der Waals surface area contributed by atoms with Crippen LogP contribution in [-0.2, 0) is 17.1 Å². The van der Waals surface area contributed by atoms with Crippen molar-refractivity contribution in [3.05, 3.63) is 35.5 Å². The van der Waals surface area contributed by atoms with Gasteiger partial charge in [0.05, 0.1) is 11.4 Å². The minimum atomic E-state index is -4.30. The van der Waals surface area contributed by atoms with Crippen LogP contribution >= 0.6 is 0 Å². The van der Waals surface area contributed by atoms with E-state index in [0.29, 0.717) is 11.8 Å². The van der Waals surface area contributed by atoms with Gasteiger partial charge in [0.2, 0.25) is 0 Å². The zero-order valence-electron chi connectivity index (χ0n) is 10.7. The van der Waals surface area contributed by atoms with Crippen LogP contribution in [0, 0.1) is 18.6 Å². The second-order valence-corrected chi connectivity index (χ2v) is 5.80. The molecule has 0 aliphatic rings. The summed E-state index contributed by atoms with van der Waals surface area (Å²) in [7, 11) is -2.83. The third-order valence-electron chi connectivity index (χ3n) is 2.68. The molecular formula is C11H12F2N4O2S. The lowest BCUT2D eigenvalue weighted by Gasteiger charge is -2.09. The van der Waals surface area contributed by atoms with E-state index in [-0.39, 0.29) is 11.5 Å². The highest BCUT2D eigenvalue weighted by Crippen LogP contribution is 2.25. The Kier molecular flexibility index (Phi) is 3.38. The Morgan fingerprint density at radius 2 is 2.00 bits per heavy atom. The first-order valence-electron chi connectivity index (χ1n) is 5.49. The van der Waals surface area contributed by atoms with Crippen molar-refractivity contribution < 1.29 is 17.2 Å². The van der Waals surface area contributed by atoms with E-state index >= 15 is 0 Å². The monoisotopic (exact) mass is 302 g/mol. The third-order valence-corrected chi connectivity index (χ3v) is 4.04. The van der Waals surface area contributed by atoms with Crippen molar-refractivity contribution in [1.29, 1.82) is 0 Å². The van der Waals surface area contributed by atoms with Gasteiger partial charge < -0.3 is 5.73 Å². The summed E-state index contributed by atoms with van der Waals surface area (Å²) >= 11 is 0. The van der Waals surface area contributed by atoms with Crippen molar-refractivity contribution >= 4 is 21.5 Å². The van der Waals surface area contributed by atoms with Gasteiger partial charge in [-0.15, -0.1) is 0 Å². The molecule has 0 aliphatic carbocycles. The number of aryl methyl sites for hydroxylation is 2. The molecule has 0 saturated carbocycles. The van der Waals surface area contributed by atoms with Crippen molar-refractivity contribution in [1.82, 2.24) is 9.78 Å². The summed E-state index contributed by atoms with van der Waals surface area (Å²) in [5.74, 6) is -1.93. The van der Waals surface area contributed by atoms with Gasteiger partial charge in [-0.05, 0) is 25.1 Å². The molecular weight excluding hydrogens is 290 g/mol. The number of nitrogens with one attached hydrogen (secondary N) is 1. The number of benzene rings is 1. The van der Waals surface area contributed by atoms with Crippen LogP contribution < -0.4 is 10.5 Å². The van der Waals surface area contributed by atoms with E-state index in [1.165, 1.54) is 11.7 Å². The maximum absolute atomic E-state index is 13.5. The average molecular weight is 302 g/mol. The Labute approximate surface area is 114 Å². The van der Waals surface area contributed by atoms with Crippen molar-refractivity contribution in [2.24, 2.45) is 7.05 Å². The predicted octanol–water partition coefficient (Wildman–Crippen LogP) is 1.39. The van der Waals surface area contributed by atoms with Crippen LogP contribution in [0.15, 0.2) is 23.1 Å².